The average molecular weight is 346 g/mol. The summed E-state index contributed by atoms with van der Waals surface area (Å²) in [4.78, 5) is 1.20. The molecule has 0 aliphatic heterocycles. The molecule has 0 bridgehead atoms. The van der Waals surface area contributed by atoms with Gasteiger partial charge in [-0.1, -0.05) is 23.7 Å². The van der Waals surface area contributed by atoms with Crippen LogP contribution in [0.4, 0.5) is 0 Å². The SMILES string of the molecule is Cc1ccc(CC(NN)c2cc(Br)cs2)c(Cl)c1. The minimum absolute atomic E-state index is 0.0847. The highest BCUT2D eigenvalue weighted by molar-refractivity contribution is 9.10. The summed E-state index contributed by atoms with van der Waals surface area (Å²) in [6.07, 6.45) is 0.780. The number of hydrazine groups is 1. The molecule has 0 spiro atoms. The molecular formula is C13H14BrClN2S. The topological polar surface area (TPSA) is 38.0 Å². The molecule has 2 nitrogen and oxygen atoms in total. The van der Waals surface area contributed by atoms with E-state index in [2.05, 4.69) is 44.9 Å². The van der Waals surface area contributed by atoms with E-state index in [1.807, 2.05) is 13.0 Å². The number of hydrogen-bond acceptors (Lipinski definition) is 3. The Balaban J connectivity index is 2.20. The van der Waals surface area contributed by atoms with Crippen molar-refractivity contribution in [1.29, 1.82) is 0 Å². The smallest absolute Gasteiger partial charge is 0.0594 e. The van der Waals surface area contributed by atoms with Crippen LogP contribution < -0.4 is 11.3 Å². The van der Waals surface area contributed by atoms with Gasteiger partial charge in [-0.2, -0.15) is 0 Å². The van der Waals surface area contributed by atoms with E-state index in [1.54, 1.807) is 11.3 Å². The third-order valence-corrected chi connectivity index (χ3v) is 4.92. The molecule has 1 unspecified atom stereocenters. The number of hydrogen-bond donors (Lipinski definition) is 2. The number of halogens is 2. The molecule has 1 aromatic carbocycles. The molecule has 1 heterocycles. The van der Waals surface area contributed by atoms with Crippen LogP contribution in [-0.2, 0) is 6.42 Å². The molecule has 0 amide bonds. The lowest BCUT2D eigenvalue weighted by Crippen LogP contribution is -2.29. The minimum atomic E-state index is 0.0847. The third-order valence-electron chi connectivity index (χ3n) is 2.76. The zero-order valence-electron chi connectivity index (χ0n) is 9.91. The van der Waals surface area contributed by atoms with Gasteiger partial charge in [0.1, 0.15) is 0 Å². The van der Waals surface area contributed by atoms with Crippen molar-refractivity contribution in [3.63, 3.8) is 0 Å². The number of benzene rings is 1. The van der Waals surface area contributed by atoms with Crippen LogP contribution in [0.25, 0.3) is 0 Å². The predicted octanol–water partition coefficient (Wildman–Crippen LogP) is 4.22. The first-order chi connectivity index (χ1) is 8.60. The molecule has 1 atom stereocenters. The van der Waals surface area contributed by atoms with Crippen LogP contribution in [0, 0.1) is 6.92 Å². The largest absolute Gasteiger partial charge is 0.271 e. The fourth-order valence-electron chi connectivity index (χ4n) is 1.79. The monoisotopic (exact) mass is 344 g/mol. The van der Waals surface area contributed by atoms with E-state index < -0.39 is 0 Å². The maximum Gasteiger partial charge on any atom is 0.0594 e. The van der Waals surface area contributed by atoms with Crippen molar-refractivity contribution in [2.24, 2.45) is 5.84 Å². The van der Waals surface area contributed by atoms with Gasteiger partial charge in [0.15, 0.2) is 0 Å². The number of nitrogens with one attached hydrogen (secondary N) is 1. The highest BCUT2D eigenvalue weighted by Crippen LogP contribution is 2.29. The summed E-state index contributed by atoms with van der Waals surface area (Å²) in [7, 11) is 0. The lowest BCUT2D eigenvalue weighted by atomic mass is 10.0. The summed E-state index contributed by atoms with van der Waals surface area (Å²) in [5.74, 6) is 5.64. The average Bonchev–Trinajstić information content (AvgIpc) is 2.75. The molecule has 96 valence electrons. The van der Waals surface area contributed by atoms with Crippen molar-refractivity contribution in [2.75, 3.05) is 0 Å². The molecule has 0 aliphatic rings. The molecular weight excluding hydrogens is 332 g/mol. The van der Waals surface area contributed by atoms with E-state index in [9.17, 15) is 0 Å². The van der Waals surface area contributed by atoms with Gasteiger partial charge in [0.05, 0.1) is 6.04 Å². The third kappa shape index (κ3) is 3.33. The summed E-state index contributed by atoms with van der Waals surface area (Å²) < 4.78 is 1.08. The Labute approximate surface area is 124 Å². The first kappa shape index (κ1) is 14.0. The van der Waals surface area contributed by atoms with E-state index in [4.69, 9.17) is 17.4 Å². The fraction of sp³-hybridized carbons (Fsp3) is 0.231. The van der Waals surface area contributed by atoms with Crippen molar-refractivity contribution in [2.45, 2.75) is 19.4 Å². The van der Waals surface area contributed by atoms with Gasteiger partial charge in [0, 0.05) is 19.8 Å². The first-order valence-corrected chi connectivity index (χ1v) is 7.60. The van der Waals surface area contributed by atoms with Crippen LogP contribution in [0.1, 0.15) is 22.0 Å². The molecule has 5 heteroatoms. The van der Waals surface area contributed by atoms with Crippen LogP contribution in [0.3, 0.4) is 0 Å². The van der Waals surface area contributed by atoms with Crippen molar-refractivity contribution >= 4 is 38.9 Å². The van der Waals surface area contributed by atoms with Gasteiger partial charge in [0.25, 0.3) is 0 Å². The predicted molar refractivity (Wildman–Crippen MR) is 82.0 cm³/mol. The van der Waals surface area contributed by atoms with Gasteiger partial charge in [-0.25, -0.2) is 0 Å². The van der Waals surface area contributed by atoms with Crippen LogP contribution in [-0.4, -0.2) is 0 Å². The lowest BCUT2D eigenvalue weighted by Gasteiger charge is -2.15. The second-order valence-electron chi connectivity index (χ2n) is 4.19. The Kier molecular flexibility index (Phi) is 4.81. The van der Waals surface area contributed by atoms with E-state index in [0.717, 1.165) is 21.5 Å². The van der Waals surface area contributed by atoms with Gasteiger partial charge >= 0.3 is 0 Å². The Morgan fingerprint density at radius 1 is 1.44 bits per heavy atom. The van der Waals surface area contributed by atoms with Crippen LogP contribution in [0.15, 0.2) is 34.1 Å². The van der Waals surface area contributed by atoms with Crippen LogP contribution >= 0.6 is 38.9 Å². The van der Waals surface area contributed by atoms with Gasteiger partial charge < -0.3 is 0 Å². The normalized spacial score (nSPS) is 12.7. The quantitative estimate of drug-likeness (QED) is 0.643. The Morgan fingerprint density at radius 2 is 2.22 bits per heavy atom. The fourth-order valence-corrected chi connectivity index (χ4v) is 3.61. The Hall–Kier alpha value is -0.390. The number of rotatable bonds is 4. The van der Waals surface area contributed by atoms with Gasteiger partial charge in [-0.3, -0.25) is 11.3 Å². The molecule has 18 heavy (non-hydrogen) atoms. The van der Waals surface area contributed by atoms with E-state index in [0.29, 0.717) is 0 Å². The van der Waals surface area contributed by atoms with Crippen LogP contribution in [0.2, 0.25) is 5.02 Å². The van der Waals surface area contributed by atoms with Crippen molar-refractivity contribution < 1.29 is 0 Å². The number of aryl methyl sites for hydroxylation is 1. The zero-order valence-corrected chi connectivity index (χ0v) is 13.1. The molecule has 1 aromatic heterocycles. The molecule has 0 radical (unpaired) electrons. The molecule has 2 rings (SSSR count). The van der Waals surface area contributed by atoms with Gasteiger partial charge in [-0.05, 0) is 52.5 Å². The first-order valence-electron chi connectivity index (χ1n) is 5.55. The second-order valence-corrected chi connectivity index (χ2v) is 6.45. The molecule has 0 saturated heterocycles. The van der Waals surface area contributed by atoms with Crippen molar-refractivity contribution in [3.05, 3.63) is 55.1 Å². The second kappa shape index (κ2) is 6.17. The standard InChI is InChI=1S/C13H14BrClN2S/c1-8-2-3-9(11(15)4-8)5-12(17-16)13-6-10(14)7-18-13/h2-4,6-7,12,17H,5,16H2,1H3. The van der Waals surface area contributed by atoms with Crippen molar-refractivity contribution in [1.82, 2.24) is 5.43 Å². The number of thiophene rings is 1. The molecule has 0 aliphatic carbocycles. The summed E-state index contributed by atoms with van der Waals surface area (Å²) >= 11 is 11.4. The molecule has 3 N–H and O–H groups in total. The Morgan fingerprint density at radius 3 is 2.78 bits per heavy atom. The van der Waals surface area contributed by atoms with Gasteiger partial charge in [-0.15, -0.1) is 11.3 Å². The van der Waals surface area contributed by atoms with E-state index in [-0.39, 0.29) is 6.04 Å². The van der Waals surface area contributed by atoms with Crippen molar-refractivity contribution in [3.8, 4) is 0 Å². The van der Waals surface area contributed by atoms with Crippen LogP contribution in [0.5, 0.6) is 0 Å². The summed E-state index contributed by atoms with van der Waals surface area (Å²) in [5, 5.41) is 2.85. The molecule has 0 saturated carbocycles. The van der Waals surface area contributed by atoms with E-state index >= 15 is 0 Å². The highest BCUT2D eigenvalue weighted by Gasteiger charge is 2.14. The minimum Gasteiger partial charge on any atom is -0.271 e. The van der Waals surface area contributed by atoms with E-state index in [1.165, 1.54) is 10.4 Å². The summed E-state index contributed by atoms with van der Waals surface area (Å²) in [6.45, 7) is 2.03. The highest BCUT2D eigenvalue weighted by atomic mass is 79.9. The Bertz CT molecular complexity index is 542. The molecule has 0 fully saturated rings. The molecule has 2 aromatic rings. The number of nitrogens with two attached hydrogens (primary N) is 1. The maximum absolute atomic E-state index is 6.25. The maximum atomic E-state index is 6.25. The summed E-state index contributed by atoms with van der Waals surface area (Å²) in [6, 6.07) is 8.28. The zero-order chi connectivity index (χ0) is 13.1. The lowest BCUT2D eigenvalue weighted by molar-refractivity contribution is 0.560. The summed E-state index contributed by atoms with van der Waals surface area (Å²) in [5.41, 5.74) is 5.13. The van der Waals surface area contributed by atoms with Gasteiger partial charge in [0.2, 0.25) is 0 Å².